The number of halogens is 1. The Kier molecular flexibility index (Phi) is 9.42. The predicted molar refractivity (Wildman–Crippen MR) is 138 cm³/mol. The fourth-order valence-electron chi connectivity index (χ4n) is 3.91. The van der Waals surface area contributed by atoms with E-state index in [1.54, 1.807) is 13.1 Å². The van der Waals surface area contributed by atoms with Crippen molar-refractivity contribution in [3.63, 3.8) is 0 Å². The number of rotatable bonds is 10. The zero-order valence-corrected chi connectivity index (χ0v) is 20.7. The molecule has 34 heavy (non-hydrogen) atoms. The lowest BCUT2D eigenvalue weighted by Crippen LogP contribution is -2.46. The number of amides is 2. The molecule has 1 aromatic carbocycles. The van der Waals surface area contributed by atoms with Crippen molar-refractivity contribution in [2.24, 2.45) is 0 Å². The maximum Gasteiger partial charge on any atom is 0.247 e. The van der Waals surface area contributed by atoms with Crippen LogP contribution in [0.25, 0.3) is 0 Å². The zero-order valence-electron chi connectivity index (χ0n) is 20.0. The van der Waals surface area contributed by atoms with Crippen molar-refractivity contribution in [1.29, 1.82) is 0 Å². The number of anilines is 3. The summed E-state index contributed by atoms with van der Waals surface area (Å²) in [5, 5.41) is 2.94. The van der Waals surface area contributed by atoms with Crippen molar-refractivity contribution in [2.75, 3.05) is 60.8 Å². The molecule has 1 saturated heterocycles. The summed E-state index contributed by atoms with van der Waals surface area (Å²) in [5.74, 6) is 0.670. The van der Waals surface area contributed by atoms with E-state index in [2.05, 4.69) is 44.7 Å². The highest BCUT2D eigenvalue weighted by Gasteiger charge is 2.18. The second-order valence-corrected chi connectivity index (χ2v) is 8.62. The van der Waals surface area contributed by atoms with E-state index in [1.165, 1.54) is 17.3 Å². The highest BCUT2D eigenvalue weighted by molar-refractivity contribution is 6.18. The quantitative estimate of drug-likeness (QED) is 0.411. The largest absolute Gasteiger partial charge is 0.369 e. The Morgan fingerprint density at radius 2 is 1.97 bits per heavy atom. The summed E-state index contributed by atoms with van der Waals surface area (Å²) in [4.78, 5) is 39.4. The molecule has 1 aliphatic rings. The van der Waals surface area contributed by atoms with Gasteiger partial charge in [-0.1, -0.05) is 19.6 Å². The van der Waals surface area contributed by atoms with E-state index < -0.39 is 0 Å². The van der Waals surface area contributed by atoms with Gasteiger partial charge in [-0.25, -0.2) is 9.97 Å². The smallest absolute Gasteiger partial charge is 0.247 e. The molecule has 3 rings (SSSR count). The highest BCUT2D eigenvalue weighted by atomic mass is 35.5. The van der Waals surface area contributed by atoms with Gasteiger partial charge in [-0.15, -0.1) is 11.6 Å². The summed E-state index contributed by atoms with van der Waals surface area (Å²) in [5.41, 5.74) is 3.48. The SMILES string of the molecule is C=CC(=O)Nc1cc(N2CCN(CC)CC2)ccc1Cc1cc(N(C)C(=O)CCCCl)ncn1. The van der Waals surface area contributed by atoms with Crippen LogP contribution < -0.4 is 15.1 Å². The van der Waals surface area contributed by atoms with E-state index >= 15 is 0 Å². The van der Waals surface area contributed by atoms with E-state index in [0.29, 0.717) is 31.0 Å². The molecule has 182 valence electrons. The molecule has 0 spiro atoms. The number of benzene rings is 1. The Morgan fingerprint density at radius 1 is 1.21 bits per heavy atom. The zero-order chi connectivity index (χ0) is 24.5. The number of hydrogen-bond donors (Lipinski definition) is 1. The Bertz CT molecular complexity index is 1010. The van der Waals surface area contributed by atoms with Crippen molar-refractivity contribution in [2.45, 2.75) is 26.2 Å². The van der Waals surface area contributed by atoms with Crippen LogP contribution in [0.2, 0.25) is 0 Å². The number of carbonyl (C=O) groups excluding carboxylic acids is 2. The average Bonchev–Trinajstić information content (AvgIpc) is 2.87. The molecule has 1 aliphatic heterocycles. The summed E-state index contributed by atoms with van der Waals surface area (Å²) in [6.45, 7) is 10.7. The van der Waals surface area contributed by atoms with Crippen LogP contribution in [0.1, 0.15) is 31.0 Å². The van der Waals surface area contributed by atoms with Crippen LogP contribution >= 0.6 is 11.6 Å². The number of likely N-dealkylation sites (N-methyl/N-ethyl adjacent to an activating group) is 1. The molecule has 2 heterocycles. The van der Waals surface area contributed by atoms with Gasteiger partial charge in [0.05, 0.1) is 5.69 Å². The molecule has 1 fully saturated rings. The van der Waals surface area contributed by atoms with Crippen LogP contribution in [0.4, 0.5) is 17.2 Å². The van der Waals surface area contributed by atoms with Crippen LogP contribution in [-0.4, -0.2) is 72.3 Å². The number of piperazine rings is 1. The molecule has 0 radical (unpaired) electrons. The molecule has 0 atom stereocenters. The maximum atomic E-state index is 12.4. The maximum absolute atomic E-state index is 12.4. The Labute approximate surface area is 206 Å². The number of hydrogen-bond acceptors (Lipinski definition) is 6. The number of aromatic nitrogens is 2. The van der Waals surface area contributed by atoms with Crippen LogP contribution in [0, 0.1) is 0 Å². The molecule has 8 nitrogen and oxygen atoms in total. The normalized spacial score (nSPS) is 14.0. The monoisotopic (exact) mass is 484 g/mol. The summed E-state index contributed by atoms with van der Waals surface area (Å²) in [6.07, 6.45) is 4.19. The summed E-state index contributed by atoms with van der Waals surface area (Å²) in [7, 11) is 1.70. The van der Waals surface area contributed by atoms with Gasteiger partial charge >= 0.3 is 0 Å². The molecular weight excluding hydrogens is 452 g/mol. The first-order valence-electron chi connectivity index (χ1n) is 11.6. The number of alkyl halides is 1. The van der Waals surface area contributed by atoms with Crippen molar-refractivity contribution >= 4 is 40.6 Å². The van der Waals surface area contributed by atoms with Gasteiger partial charge in [-0.3, -0.25) is 14.5 Å². The second-order valence-electron chi connectivity index (χ2n) is 8.25. The lowest BCUT2D eigenvalue weighted by atomic mass is 10.0. The first-order valence-corrected chi connectivity index (χ1v) is 12.2. The summed E-state index contributed by atoms with van der Waals surface area (Å²) < 4.78 is 0. The molecule has 2 aromatic rings. The van der Waals surface area contributed by atoms with E-state index in [9.17, 15) is 9.59 Å². The lowest BCUT2D eigenvalue weighted by Gasteiger charge is -2.35. The van der Waals surface area contributed by atoms with E-state index in [-0.39, 0.29) is 11.8 Å². The standard InChI is InChI=1S/C25H33ClN6O2/c1-4-24(33)29-22-17-21(32-13-11-31(5-2)12-14-32)9-8-19(22)15-20-16-23(28-18-27-20)30(3)25(34)7-6-10-26/h4,8-9,16-18H,1,5-7,10-15H2,2-3H3,(H,29,33). The van der Waals surface area contributed by atoms with Gasteiger partial charge in [0, 0.05) is 69.4 Å². The van der Waals surface area contributed by atoms with E-state index in [1.807, 2.05) is 12.1 Å². The predicted octanol–water partition coefficient (Wildman–Crippen LogP) is 3.32. The Morgan fingerprint density at radius 3 is 2.65 bits per heavy atom. The lowest BCUT2D eigenvalue weighted by molar-refractivity contribution is -0.118. The average molecular weight is 485 g/mol. The van der Waals surface area contributed by atoms with Gasteiger partial charge in [0.15, 0.2) is 0 Å². The van der Waals surface area contributed by atoms with Gasteiger partial charge < -0.3 is 15.1 Å². The second kappa shape index (κ2) is 12.5. The molecule has 1 aromatic heterocycles. The molecule has 0 bridgehead atoms. The Hall–Kier alpha value is -2.97. The van der Waals surface area contributed by atoms with Gasteiger partial charge in [-0.2, -0.15) is 0 Å². The third-order valence-corrected chi connectivity index (χ3v) is 6.31. The van der Waals surface area contributed by atoms with Crippen molar-refractivity contribution < 1.29 is 9.59 Å². The van der Waals surface area contributed by atoms with Crippen LogP contribution in [-0.2, 0) is 16.0 Å². The van der Waals surface area contributed by atoms with Crippen LogP contribution in [0.15, 0.2) is 43.2 Å². The fraction of sp³-hybridized carbons (Fsp3) is 0.440. The first kappa shape index (κ1) is 25.6. The van der Waals surface area contributed by atoms with Gasteiger partial charge in [0.2, 0.25) is 11.8 Å². The minimum absolute atomic E-state index is 0.0447. The molecular formula is C25H33ClN6O2. The number of nitrogens with one attached hydrogen (secondary N) is 1. The van der Waals surface area contributed by atoms with Gasteiger partial charge in [-0.05, 0) is 36.7 Å². The number of nitrogens with zero attached hydrogens (tertiary/aromatic N) is 5. The molecule has 0 unspecified atom stereocenters. The molecule has 2 amide bonds. The molecule has 0 aliphatic carbocycles. The van der Waals surface area contributed by atoms with E-state index in [0.717, 1.165) is 55.4 Å². The van der Waals surface area contributed by atoms with Crippen molar-refractivity contribution in [1.82, 2.24) is 14.9 Å². The van der Waals surface area contributed by atoms with Crippen LogP contribution in [0.3, 0.4) is 0 Å². The van der Waals surface area contributed by atoms with Crippen LogP contribution in [0.5, 0.6) is 0 Å². The topological polar surface area (TPSA) is 81.7 Å². The first-order chi connectivity index (χ1) is 16.4. The highest BCUT2D eigenvalue weighted by Crippen LogP contribution is 2.27. The van der Waals surface area contributed by atoms with Gasteiger partial charge in [0.25, 0.3) is 0 Å². The minimum atomic E-state index is -0.262. The summed E-state index contributed by atoms with van der Waals surface area (Å²) >= 11 is 5.71. The third kappa shape index (κ3) is 6.77. The van der Waals surface area contributed by atoms with E-state index in [4.69, 9.17) is 11.6 Å². The minimum Gasteiger partial charge on any atom is -0.369 e. The fourth-order valence-corrected chi connectivity index (χ4v) is 4.05. The van der Waals surface area contributed by atoms with Crippen molar-refractivity contribution in [3.05, 3.63) is 54.5 Å². The molecule has 0 saturated carbocycles. The summed E-state index contributed by atoms with van der Waals surface area (Å²) in [6, 6.07) is 7.93. The third-order valence-electron chi connectivity index (χ3n) is 6.04. The number of carbonyl (C=O) groups is 2. The Balaban J connectivity index is 1.81. The van der Waals surface area contributed by atoms with Crippen molar-refractivity contribution in [3.8, 4) is 0 Å². The molecule has 1 N–H and O–H groups in total. The molecule has 9 heteroatoms. The van der Waals surface area contributed by atoms with Gasteiger partial charge in [0.1, 0.15) is 12.1 Å².